The molecule has 1 saturated carbocycles. The van der Waals surface area contributed by atoms with Gasteiger partial charge >= 0.3 is 11.9 Å². The van der Waals surface area contributed by atoms with Crippen LogP contribution in [-0.4, -0.2) is 25.2 Å². The van der Waals surface area contributed by atoms with Crippen LogP contribution in [0.25, 0.3) is 6.08 Å². The van der Waals surface area contributed by atoms with Crippen molar-refractivity contribution in [3.05, 3.63) is 41.5 Å². The minimum Gasteiger partial charge on any atom is -0.462 e. The van der Waals surface area contributed by atoms with Gasteiger partial charge in [-0.05, 0) is 75.5 Å². The molecule has 2 rings (SSSR count). The molecular formula is C25H36O4. The van der Waals surface area contributed by atoms with Crippen molar-refractivity contribution in [2.45, 2.75) is 72.1 Å². The van der Waals surface area contributed by atoms with Crippen LogP contribution in [0.1, 0.15) is 83.3 Å². The highest BCUT2D eigenvalue weighted by molar-refractivity contribution is 5.87. The number of benzene rings is 1. The maximum Gasteiger partial charge on any atom is 0.330 e. The first-order valence-electron chi connectivity index (χ1n) is 10.9. The standard InChI is InChI=1S/C25H36O4/c1-5-6-19-7-12-21(13-8-19)22-14-9-20(10-15-22)11-16-23(26)28-17-18-29-24(27)25(2,3)4/h9-11,14-16,19,21H,5-8,12-13,17-18H2,1-4H3/b16-11+. The Balaban J connectivity index is 1.72. The molecule has 4 nitrogen and oxygen atoms in total. The van der Waals surface area contributed by atoms with E-state index in [1.54, 1.807) is 26.8 Å². The fraction of sp³-hybridized carbons (Fsp3) is 0.600. The maximum absolute atomic E-state index is 11.8. The lowest BCUT2D eigenvalue weighted by atomic mass is 9.77. The zero-order chi connectivity index (χ0) is 21.3. The minimum absolute atomic E-state index is 0.0602. The SMILES string of the molecule is CCCC1CCC(c2ccc(/C=C/C(=O)OCCOC(=O)C(C)(C)C)cc2)CC1. The van der Waals surface area contributed by atoms with Gasteiger partial charge in [0.2, 0.25) is 0 Å². The Hall–Kier alpha value is -2.10. The summed E-state index contributed by atoms with van der Waals surface area (Å²) in [6, 6.07) is 8.48. The van der Waals surface area contributed by atoms with Gasteiger partial charge in [0.1, 0.15) is 13.2 Å². The second kappa shape index (κ2) is 11.2. The number of carbonyl (C=O) groups is 2. The lowest BCUT2D eigenvalue weighted by Crippen LogP contribution is -2.24. The van der Waals surface area contributed by atoms with E-state index in [0.29, 0.717) is 5.92 Å². The molecule has 0 heterocycles. The summed E-state index contributed by atoms with van der Waals surface area (Å²) in [7, 11) is 0. The van der Waals surface area contributed by atoms with Crippen LogP contribution in [0.15, 0.2) is 30.3 Å². The second-order valence-electron chi connectivity index (χ2n) is 9.06. The Kier molecular flexibility index (Phi) is 8.94. The largest absolute Gasteiger partial charge is 0.462 e. The van der Waals surface area contributed by atoms with E-state index in [0.717, 1.165) is 11.5 Å². The molecule has 0 aliphatic heterocycles. The van der Waals surface area contributed by atoms with Gasteiger partial charge in [-0.25, -0.2) is 4.79 Å². The molecule has 1 aromatic carbocycles. The molecule has 0 saturated heterocycles. The fourth-order valence-electron chi connectivity index (χ4n) is 3.78. The zero-order valence-corrected chi connectivity index (χ0v) is 18.4. The van der Waals surface area contributed by atoms with Gasteiger partial charge in [0, 0.05) is 6.08 Å². The van der Waals surface area contributed by atoms with Crippen LogP contribution in [0, 0.1) is 11.3 Å². The number of hydrogen-bond acceptors (Lipinski definition) is 4. The van der Waals surface area contributed by atoms with E-state index in [-0.39, 0.29) is 19.2 Å². The van der Waals surface area contributed by atoms with E-state index in [1.807, 2.05) is 0 Å². The molecule has 1 aliphatic rings. The highest BCUT2D eigenvalue weighted by Gasteiger charge is 2.23. The van der Waals surface area contributed by atoms with Crippen molar-refractivity contribution in [3.63, 3.8) is 0 Å². The van der Waals surface area contributed by atoms with Gasteiger partial charge < -0.3 is 9.47 Å². The van der Waals surface area contributed by atoms with Crippen LogP contribution in [0.4, 0.5) is 0 Å². The molecule has 0 unspecified atom stereocenters. The molecule has 0 bridgehead atoms. The van der Waals surface area contributed by atoms with Crippen molar-refractivity contribution in [2.24, 2.45) is 11.3 Å². The maximum atomic E-state index is 11.8. The monoisotopic (exact) mass is 400 g/mol. The number of carbonyl (C=O) groups excluding carboxylic acids is 2. The molecule has 0 radical (unpaired) electrons. The lowest BCUT2D eigenvalue weighted by Gasteiger charge is -2.28. The summed E-state index contributed by atoms with van der Waals surface area (Å²) in [5.74, 6) is 0.849. The smallest absolute Gasteiger partial charge is 0.330 e. The predicted octanol–water partition coefficient (Wildman–Crippen LogP) is 5.91. The number of esters is 2. The third-order valence-electron chi connectivity index (χ3n) is 5.54. The number of hydrogen-bond donors (Lipinski definition) is 0. The minimum atomic E-state index is -0.551. The Morgan fingerprint density at radius 2 is 1.62 bits per heavy atom. The predicted molar refractivity (Wildman–Crippen MR) is 116 cm³/mol. The fourth-order valence-corrected chi connectivity index (χ4v) is 3.78. The van der Waals surface area contributed by atoms with Crippen LogP contribution in [0.2, 0.25) is 0 Å². The van der Waals surface area contributed by atoms with Gasteiger partial charge in [-0.3, -0.25) is 4.79 Å². The van der Waals surface area contributed by atoms with Crippen LogP contribution in [0.3, 0.4) is 0 Å². The molecule has 0 N–H and O–H groups in total. The van der Waals surface area contributed by atoms with Crippen molar-refractivity contribution < 1.29 is 19.1 Å². The first-order chi connectivity index (χ1) is 13.8. The molecule has 1 fully saturated rings. The van der Waals surface area contributed by atoms with Crippen LogP contribution < -0.4 is 0 Å². The second-order valence-corrected chi connectivity index (χ2v) is 9.06. The molecule has 1 aromatic rings. The van der Waals surface area contributed by atoms with E-state index in [4.69, 9.17) is 9.47 Å². The molecule has 4 heteroatoms. The first kappa shape index (κ1) is 23.2. The van der Waals surface area contributed by atoms with E-state index >= 15 is 0 Å². The van der Waals surface area contributed by atoms with Crippen molar-refractivity contribution in [1.29, 1.82) is 0 Å². The summed E-state index contributed by atoms with van der Waals surface area (Å²) in [5, 5.41) is 0. The summed E-state index contributed by atoms with van der Waals surface area (Å²) < 4.78 is 10.1. The summed E-state index contributed by atoms with van der Waals surface area (Å²) in [4.78, 5) is 23.4. The molecule has 29 heavy (non-hydrogen) atoms. The Labute approximate surface area is 175 Å². The topological polar surface area (TPSA) is 52.6 Å². The van der Waals surface area contributed by atoms with Crippen molar-refractivity contribution >= 4 is 18.0 Å². The summed E-state index contributed by atoms with van der Waals surface area (Å²) >= 11 is 0. The lowest BCUT2D eigenvalue weighted by molar-refractivity contribution is -0.156. The average Bonchev–Trinajstić information content (AvgIpc) is 2.70. The summed E-state index contributed by atoms with van der Waals surface area (Å²) in [6.45, 7) is 7.76. The third kappa shape index (κ3) is 8.04. The Bertz CT molecular complexity index is 674. The van der Waals surface area contributed by atoms with Gasteiger partial charge in [0.05, 0.1) is 5.41 Å². The zero-order valence-electron chi connectivity index (χ0n) is 18.4. The summed E-state index contributed by atoms with van der Waals surface area (Å²) in [5.41, 5.74) is 1.83. The van der Waals surface area contributed by atoms with Crippen LogP contribution >= 0.6 is 0 Å². The Morgan fingerprint density at radius 1 is 1.00 bits per heavy atom. The third-order valence-corrected chi connectivity index (χ3v) is 5.54. The highest BCUT2D eigenvalue weighted by Crippen LogP contribution is 2.37. The number of ether oxygens (including phenoxy) is 2. The molecular weight excluding hydrogens is 364 g/mol. The summed E-state index contributed by atoms with van der Waals surface area (Å²) in [6.07, 6.45) is 11.1. The molecule has 0 spiro atoms. The Morgan fingerprint density at radius 3 is 2.21 bits per heavy atom. The van der Waals surface area contributed by atoms with Gasteiger partial charge in [0.25, 0.3) is 0 Å². The first-order valence-corrected chi connectivity index (χ1v) is 10.9. The number of rotatable bonds is 8. The van der Waals surface area contributed by atoms with E-state index in [9.17, 15) is 9.59 Å². The van der Waals surface area contributed by atoms with E-state index in [2.05, 4.69) is 31.2 Å². The quantitative estimate of drug-likeness (QED) is 0.309. The van der Waals surface area contributed by atoms with Crippen LogP contribution in [-0.2, 0) is 19.1 Å². The van der Waals surface area contributed by atoms with E-state index < -0.39 is 11.4 Å². The molecule has 0 amide bonds. The van der Waals surface area contributed by atoms with Crippen LogP contribution in [0.5, 0.6) is 0 Å². The average molecular weight is 401 g/mol. The van der Waals surface area contributed by atoms with Crippen molar-refractivity contribution in [1.82, 2.24) is 0 Å². The molecule has 0 atom stereocenters. The molecule has 1 aliphatic carbocycles. The normalized spacial score (nSPS) is 19.9. The molecule has 160 valence electrons. The van der Waals surface area contributed by atoms with E-state index in [1.165, 1.54) is 50.2 Å². The van der Waals surface area contributed by atoms with Gasteiger partial charge in [-0.1, -0.05) is 44.0 Å². The van der Waals surface area contributed by atoms with Gasteiger partial charge in [-0.2, -0.15) is 0 Å². The van der Waals surface area contributed by atoms with Crippen molar-refractivity contribution in [3.8, 4) is 0 Å². The van der Waals surface area contributed by atoms with Gasteiger partial charge in [0.15, 0.2) is 0 Å². The highest BCUT2D eigenvalue weighted by atomic mass is 16.6. The molecule has 0 aromatic heterocycles. The van der Waals surface area contributed by atoms with Gasteiger partial charge in [-0.15, -0.1) is 0 Å². The van der Waals surface area contributed by atoms with Crippen molar-refractivity contribution in [2.75, 3.05) is 13.2 Å².